The maximum atomic E-state index is 11.7. The number of carbonyl (C=O) groups is 1. The van der Waals surface area contributed by atoms with Crippen LogP contribution in [-0.4, -0.2) is 59.9 Å². The highest BCUT2D eigenvalue weighted by Crippen LogP contribution is 2.34. The van der Waals surface area contributed by atoms with E-state index in [2.05, 4.69) is 25.6 Å². The molecule has 0 saturated heterocycles. The molecule has 28 heavy (non-hydrogen) atoms. The van der Waals surface area contributed by atoms with Crippen molar-refractivity contribution in [2.75, 3.05) is 5.32 Å². The van der Waals surface area contributed by atoms with Crippen LogP contribution in [0.3, 0.4) is 0 Å². The van der Waals surface area contributed by atoms with Crippen molar-refractivity contribution in [3.63, 3.8) is 0 Å². The molecule has 9 nitrogen and oxygen atoms in total. The van der Waals surface area contributed by atoms with Crippen LogP contribution in [0.2, 0.25) is 0 Å². The average Bonchev–Trinajstić information content (AvgIpc) is 3.26. The van der Waals surface area contributed by atoms with Crippen LogP contribution in [-0.2, 0) is 4.79 Å². The monoisotopic (exact) mass is 388 g/mol. The topological polar surface area (TPSA) is 125 Å². The third-order valence-corrected chi connectivity index (χ3v) is 5.98. The fraction of sp³-hybridized carbons (Fsp3) is 0.684. The molecular weight excluding hydrogens is 360 g/mol. The van der Waals surface area contributed by atoms with Crippen LogP contribution in [0.1, 0.15) is 57.9 Å². The summed E-state index contributed by atoms with van der Waals surface area (Å²) >= 11 is 0. The highest BCUT2D eigenvalue weighted by Gasteiger charge is 2.43. The minimum absolute atomic E-state index is 0.145. The molecule has 0 radical (unpaired) electrons. The van der Waals surface area contributed by atoms with Crippen molar-refractivity contribution >= 4 is 22.9 Å². The van der Waals surface area contributed by atoms with Crippen molar-refractivity contribution < 1.29 is 15.0 Å². The summed E-state index contributed by atoms with van der Waals surface area (Å²) in [6, 6.07) is -0.518. The van der Waals surface area contributed by atoms with Gasteiger partial charge in [0, 0.05) is 12.5 Å². The first-order valence-corrected chi connectivity index (χ1v) is 10.2. The molecule has 0 unspecified atom stereocenters. The second-order valence-corrected chi connectivity index (χ2v) is 7.84. The van der Waals surface area contributed by atoms with Crippen molar-refractivity contribution in [3.05, 3.63) is 12.7 Å². The highest BCUT2D eigenvalue weighted by atomic mass is 16.3. The molecule has 4 rings (SSSR count). The molecular formula is C19H28N6O3. The standard InChI is InChI=1S/C19H28N6O3/c1-2-14(26)24-12-8-13(17(28)16(12)27)25-10-22-15-18(20-9-21-19(15)25)23-11-6-4-3-5-7-11/h9-13,16-17,27-28H,2-8H2,1H3,(H,24,26)(H,20,21,23)/t12-,13+,16+,17-/m0/s1. The van der Waals surface area contributed by atoms with E-state index < -0.39 is 24.3 Å². The largest absolute Gasteiger partial charge is 0.388 e. The molecule has 1 amide bonds. The van der Waals surface area contributed by atoms with Gasteiger partial charge in [-0.3, -0.25) is 4.79 Å². The van der Waals surface area contributed by atoms with Gasteiger partial charge < -0.3 is 25.4 Å². The van der Waals surface area contributed by atoms with Gasteiger partial charge in [-0.05, 0) is 19.3 Å². The zero-order valence-corrected chi connectivity index (χ0v) is 16.1. The van der Waals surface area contributed by atoms with Gasteiger partial charge in [0.05, 0.1) is 18.4 Å². The van der Waals surface area contributed by atoms with Gasteiger partial charge in [-0.2, -0.15) is 0 Å². The van der Waals surface area contributed by atoms with Crippen molar-refractivity contribution in [3.8, 4) is 0 Å². The number of aromatic nitrogens is 4. The van der Waals surface area contributed by atoms with E-state index in [1.165, 1.54) is 25.6 Å². The van der Waals surface area contributed by atoms with Gasteiger partial charge in [0.25, 0.3) is 0 Å². The van der Waals surface area contributed by atoms with Crippen molar-refractivity contribution in [2.24, 2.45) is 0 Å². The summed E-state index contributed by atoms with van der Waals surface area (Å²) in [6.07, 6.45) is 7.81. The number of carbonyl (C=O) groups excluding carboxylic acids is 1. The molecule has 4 atom stereocenters. The zero-order valence-electron chi connectivity index (χ0n) is 16.1. The number of anilines is 1. The number of imidazole rings is 1. The van der Waals surface area contributed by atoms with Crippen molar-refractivity contribution in [2.45, 2.75) is 82.2 Å². The molecule has 2 aliphatic carbocycles. The summed E-state index contributed by atoms with van der Waals surface area (Å²) in [7, 11) is 0. The first-order valence-electron chi connectivity index (χ1n) is 10.2. The Morgan fingerprint density at radius 2 is 1.96 bits per heavy atom. The summed E-state index contributed by atoms with van der Waals surface area (Å²) in [6.45, 7) is 1.76. The van der Waals surface area contributed by atoms with Crippen LogP contribution < -0.4 is 10.6 Å². The van der Waals surface area contributed by atoms with Gasteiger partial charge in [0.2, 0.25) is 5.91 Å². The lowest BCUT2D eigenvalue weighted by Gasteiger charge is -2.23. The third kappa shape index (κ3) is 3.56. The predicted octanol–water partition coefficient (Wildman–Crippen LogP) is 1.13. The first kappa shape index (κ1) is 19.1. The van der Waals surface area contributed by atoms with E-state index in [1.807, 2.05) is 0 Å². The molecule has 152 valence electrons. The van der Waals surface area contributed by atoms with Crippen molar-refractivity contribution in [1.82, 2.24) is 24.8 Å². The molecule has 0 bridgehead atoms. The Kier molecular flexibility index (Phi) is 5.45. The van der Waals surface area contributed by atoms with Crippen LogP contribution in [0.15, 0.2) is 12.7 Å². The smallest absolute Gasteiger partial charge is 0.220 e. The molecule has 2 aromatic heterocycles. The van der Waals surface area contributed by atoms with E-state index in [0.717, 1.165) is 12.8 Å². The molecule has 9 heteroatoms. The van der Waals surface area contributed by atoms with Gasteiger partial charge in [-0.1, -0.05) is 26.2 Å². The van der Waals surface area contributed by atoms with E-state index in [9.17, 15) is 15.0 Å². The second kappa shape index (κ2) is 8.00. The number of aliphatic hydroxyl groups excluding tert-OH is 2. The summed E-state index contributed by atoms with van der Waals surface area (Å²) < 4.78 is 1.79. The van der Waals surface area contributed by atoms with Gasteiger partial charge in [0.1, 0.15) is 24.1 Å². The molecule has 0 aliphatic heterocycles. The molecule has 2 saturated carbocycles. The van der Waals surface area contributed by atoms with E-state index >= 15 is 0 Å². The van der Waals surface area contributed by atoms with Gasteiger partial charge in [0.15, 0.2) is 11.5 Å². The molecule has 2 heterocycles. The van der Waals surface area contributed by atoms with Gasteiger partial charge in [-0.15, -0.1) is 0 Å². The summed E-state index contributed by atoms with van der Waals surface area (Å²) in [5, 5.41) is 27.2. The minimum Gasteiger partial charge on any atom is -0.388 e. The molecule has 0 spiro atoms. The van der Waals surface area contributed by atoms with Gasteiger partial charge in [-0.25, -0.2) is 15.0 Å². The van der Waals surface area contributed by atoms with Crippen molar-refractivity contribution in [1.29, 1.82) is 0 Å². The number of rotatable bonds is 5. The number of hydrogen-bond acceptors (Lipinski definition) is 7. The molecule has 4 N–H and O–H groups in total. The normalized spacial score (nSPS) is 28.5. The van der Waals surface area contributed by atoms with Crippen LogP contribution in [0.25, 0.3) is 11.2 Å². The molecule has 0 aromatic carbocycles. The number of aliphatic hydroxyl groups is 2. The molecule has 2 fully saturated rings. The zero-order chi connectivity index (χ0) is 19.7. The SMILES string of the molecule is CCC(=O)N[C@H]1C[C@@H](n2cnc3c(NC4CCCCC4)ncnc32)[C@H](O)[C@@H]1O. The minimum atomic E-state index is -1.03. The lowest BCUT2D eigenvalue weighted by atomic mass is 9.95. The maximum absolute atomic E-state index is 11.7. The Labute approximate surface area is 163 Å². The molecule has 2 aromatic rings. The summed E-state index contributed by atoms with van der Waals surface area (Å²) in [4.78, 5) is 24.9. The fourth-order valence-corrected chi connectivity index (χ4v) is 4.38. The lowest BCUT2D eigenvalue weighted by Crippen LogP contribution is -2.42. The fourth-order valence-electron chi connectivity index (χ4n) is 4.38. The van der Waals surface area contributed by atoms with E-state index in [0.29, 0.717) is 35.9 Å². The number of nitrogens with one attached hydrogen (secondary N) is 2. The highest BCUT2D eigenvalue weighted by molar-refractivity contribution is 5.83. The van der Waals surface area contributed by atoms with Crippen LogP contribution >= 0.6 is 0 Å². The van der Waals surface area contributed by atoms with E-state index in [1.54, 1.807) is 17.8 Å². The third-order valence-electron chi connectivity index (χ3n) is 5.98. The van der Waals surface area contributed by atoms with Crippen LogP contribution in [0.4, 0.5) is 5.82 Å². The maximum Gasteiger partial charge on any atom is 0.220 e. The second-order valence-electron chi connectivity index (χ2n) is 7.84. The predicted molar refractivity (Wildman–Crippen MR) is 104 cm³/mol. The summed E-state index contributed by atoms with van der Waals surface area (Å²) in [5.74, 6) is 0.563. The average molecular weight is 388 g/mol. The van der Waals surface area contributed by atoms with Crippen LogP contribution in [0.5, 0.6) is 0 Å². The van der Waals surface area contributed by atoms with E-state index in [4.69, 9.17) is 0 Å². The Bertz CT molecular complexity index is 834. The Morgan fingerprint density at radius 3 is 2.71 bits per heavy atom. The Hall–Kier alpha value is -2.26. The first-order chi connectivity index (χ1) is 13.6. The number of amides is 1. The Morgan fingerprint density at radius 1 is 1.18 bits per heavy atom. The van der Waals surface area contributed by atoms with Crippen LogP contribution in [0, 0.1) is 0 Å². The number of hydrogen-bond donors (Lipinski definition) is 4. The quantitative estimate of drug-likeness (QED) is 0.605. The van der Waals surface area contributed by atoms with Gasteiger partial charge >= 0.3 is 0 Å². The number of fused-ring (bicyclic) bond motifs is 1. The van der Waals surface area contributed by atoms with E-state index in [-0.39, 0.29) is 5.91 Å². The summed E-state index contributed by atoms with van der Waals surface area (Å²) in [5.41, 5.74) is 1.28. The molecule has 2 aliphatic rings. The Balaban J connectivity index is 1.57. The number of nitrogens with zero attached hydrogens (tertiary/aromatic N) is 4. The lowest BCUT2D eigenvalue weighted by molar-refractivity contribution is -0.122.